The van der Waals surface area contributed by atoms with Gasteiger partial charge in [0.25, 0.3) is 11.8 Å². The summed E-state index contributed by atoms with van der Waals surface area (Å²) in [4.78, 5) is 42.2. The monoisotopic (exact) mass is 366 g/mol. The van der Waals surface area contributed by atoms with Crippen molar-refractivity contribution in [1.29, 1.82) is 0 Å². The molecule has 1 fully saturated rings. The molecule has 2 aliphatic rings. The van der Waals surface area contributed by atoms with Crippen molar-refractivity contribution in [3.05, 3.63) is 53.6 Å². The molecule has 2 aromatic rings. The van der Waals surface area contributed by atoms with Gasteiger partial charge < -0.3 is 9.88 Å². The minimum Gasteiger partial charge on any atom is -0.354 e. The van der Waals surface area contributed by atoms with Gasteiger partial charge in [-0.1, -0.05) is 12.1 Å². The first-order valence-electron chi connectivity index (χ1n) is 9.38. The topological polar surface area (TPSA) is 84.3 Å². The zero-order valence-corrected chi connectivity index (χ0v) is 15.1. The van der Waals surface area contributed by atoms with Crippen molar-refractivity contribution < 1.29 is 14.4 Å². The summed E-state index contributed by atoms with van der Waals surface area (Å²) in [7, 11) is 0. The van der Waals surface area contributed by atoms with E-state index in [2.05, 4.69) is 14.9 Å². The molecule has 1 aliphatic carbocycles. The number of nitrogens with one attached hydrogen (secondary N) is 1. The first-order valence-corrected chi connectivity index (χ1v) is 9.38. The quantitative estimate of drug-likeness (QED) is 0.724. The molecule has 0 bridgehead atoms. The Balaban J connectivity index is 1.19. The molecule has 7 heteroatoms. The van der Waals surface area contributed by atoms with E-state index in [9.17, 15) is 14.4 Å². The lowest BCUT2D eigenvalue weighted by Gasteiger charge is -2.13. The average molecular weight is 366 g/mol. The molecule has 0 radical (unpaired) electrons. The highest BCUT2D eigenvalue weighted by molar-refractivity contribution is 6.21. The fourth-order valence-electron chi connectivity index (χ4n) is 3.46. The number of carbonyl (C=O) groups is 3. The normalized spacial score (nSPS) is 15.9. The van der Waals surface area contributed by atoms with Gasteiger partial charge in [0.2, 0.25) is 5.91 Å². The summed E-state index contributed by atoms with van der Waals surface area (Å²) in [5, 5.41) is 2.90. The Morgan fingerprint density at radius 2 is 1.81 bits per heavy atom. The molecular formula is C20H22N4O3. The van der Waals surface area contributed by atoms with Crippen molar-refractivity contribution in [1.82, 2.24) is 19.8 Å². The Kier molecular flexibility index (Phi) is 4.75. The summed E-state index contributed by atoms with van der Waals surface area (Å²) in [5.41, 5.74) is 0.887. The van der Waals surface area contributed by atoms with E-state index in [-0.39, 0.29) is 30.7 Å². The Labute approximate surface area is 157 Å². The first-order chi connectivity index (χ1) is 13.1. The zero-order valence-electron chi connectivity index (χ0n) is 15.1. The van der Waals surface area contributed by atoms with Gasteiger partial charge in [-0.3, -0.25) is 19.3 Å². The van der Waals surface area contributed by atoms with Crippen molar-refractivity contribution in [2.24, 2.45) is 0 Å². The van der Waals surface area contributed by atoms with E-state index in [1.165, 1.54) is 17.7 Å². The van der Waals surface area contributed by atoms with Gasteiger partial charge in [0.1, 0.15) is 5.82 Å². The van der Waals surface area contributed by atoms with Crippen LogP contribution in [0.5, 0.6) is 0 Å². The van der Waals surface area contributed by atoms with Crippen molar-refractivity contribution in [2.45, 2.75) is 38.1 Å². The molecule has 4 rings (SSSR count). The molecule has 0 saturated heterocycles. The van der Waals surface area contributed by atoms with E-state index >= 15 is 0 Å². The summed E-state index contributed by atoms with van der Waals surface area (Å²) in [6.45, 7) is 1.50. The van der Waals surface area contributed by atoms with Crippen molar-refractivity contribution >= 4 is 17.7 Å². The van der Waals surface area contributed by atoms with Crippen LogP contribution in [-0.2, 0) is 11.3 Å². The van der Waals surface area contributed by atoms with Crippen LogP contribution in [0.15, 0.2) is 36.7 Å². The van der Waals surface area contributed by atoms with Gasteiger partial charge in [-0.15, -0.1) is 0 Å². The molecule has 27 heavy (non-hydrogen) atoms. The van der Waals surface area contributed by atoms with Gasteiger partial charge in [0.05, 0.1) is 11.1 Å². The number of imidazole rings is 1. The molecular weight excluding hydrogens is 344 g/mol. The molecule has 0 unspecified atom stereocenters. The van der Waals surface area contributed by atoms with Gasteiger partial charge in [0, 0.05) is 44.4 Å². The number of nitrogens with zero attached hydrogens (tertiary/aromatic N) is 3. The van der Waals surface area contributed by atoms with E-state index in [1.54, 1.807) is 30.5 Å². The molecule has 3 amide bonds. The highest BCUT2D eigenvalue weighted by atomic mass is 16.2. The Hall–Kier alpha value is -2.96. The molecule has 140 valence electrons. The summed E-state index contributed by atoms with van der Waals surface area (Å²) >= 11 is 0. The van der Waals surface area contributed by atoms with Gasteiger partial charge >= 0.3 is 0 Å². The number of fused-ring (bicyclic) bond motifs is 1. The lowest BCUT2D eigenvalue weighted by molar-refractivity contribution is -0.121. The van der Waals surface area contributed by atoms with E-state index < -0.39 is 0 Å². The molecule has 1 aliphatic heterocycles. The number of aromatic nitrogens is 2. The van der Waals surface area contributed by atoms with Crippen molar-refractivity contribution in [3.8, 4) is 0 Å². The van der Waals surface area contributed by atoms with Crippen LogP contribution in [0.2, 0.25) is 0 Å². The molecule has 1 aromatic carbocycles. The second-order valence-electron chi connectivity index (χ2n) is 7.01. The van der Waals surface area contributed by atoms with Crippen molar-refractivity contribution in [3.63, 3.8) is 0 Å². The van der Waals surface area contributed by atoms with Gasteiger partial charge in [-0.05, 0) is 31.4 Å². The van der Waals surface area contributed by atoms with Crippen LogP contribution in [0, 0.1) is 0 Å². The molecule has 1 saturated carbocycles. The Morgan fingerprint density at radius 1 is 1.11 bits per heavy atom. The fourth-order valence-corrected chi connectivity index (χ4v) is 3.46. The summed E-state index contributed by atoms with van der Waals surface area (Å²) in [5.74, 6) is 1.07. The molecule has 1 aromatic heterocycles. The Bertz CT molecular complexity index is 850. The SMILES string of the molecule is O=C(CCCN1C(=O)c2ccccc2C1=O)NCCn1ccnc1C1CC1. The maximum Gasteiger partial charge on any atom is 0.261 e. The minimum atomic E-state index is -0.274. The van der Waals surface area contributed by atoms with Crippen LogP contribution in [0.1, 0.15) is 58.1 Å². The average Bonchev–Trinajstić information content (AvgIpc) is 3.37. The molecule has 0 atom stereocenters. The van der Waals surface area contributed by atoms with Crippen LogP contribution in [-0.4, -0.2) is 45.3 Å². The molecule has 1 N–H and O–H groups in total. The largest absolute Gasteiger partial charge is 0.354 e. The number of rotatable bonds is 8. The highest BCUT2D eigenvalue weighted by Crippen LogP contribution is 2.38. The highest BCUT2D eigenvalue weighted by Gasteiger charge is 2.34. The fraction of sp³-hybridized carbons (Fsp3) is 0.400. The van der Waals surface area contributed by atoms with Crippen molar-refractivity contribution in [2.75, 3.05) is 13.1 Å². The predicted molar refractivity (Wildman–Crippen MR) is 98.3 cm³/mol. The first kappa shape index (κ1) is 17.5. The summed E-state index contributed by atoms with van der Waals surface area (Å²) in [6, 6.07) is 6.81. The number of imide groups is 1. The van der Waals surface area contributed by atoms with E-state index in [0.717, 1.165) is 5.82 Å². The maximum absolute atomic E-state index is 12.3. The third kappa shape index (κ3) is 3.63. The van der Waals surface area contributed by atoms with Gasteiger partial charge in [-0.2, -0.15) is 0 Å². The second kappa shape index (κ2) is 7.34. The molecule has 2 heterocycles. The van der Waals surface area contributed by atoms with Gasteiger partial charge in [-0.25, -0.2) is 4.98 Å². The number of carbonyl (C=O) groups excluding carboxylic acids is 3. The van der Waals surface area contributed by atoms with Gasteiger partial charge in [0.15, 0.2) is 0 Å². The summed E-state index contributed by atoms with van der Waals surface area (Å²) in [6.07, 6.45) is 6.88. The Morgan fingerprint density at radius 3 is 2.48 bits per heavy atom. The standard InChI is InChI=1S/C20H22N4O3/c25-17(21-9-12-23-13-10-22-18(23)14-7-8-14)6-3-11-24-19(26)15-4-1-2-5-16(15)20(24)27/h1-2,4-5,10,13-14H,3,6-9,11-12H2,(H,21,25). The lowest BCUT2D eigenvalue weighted by Crippen LogP contribution is -2.32. The number of hydrogen-bond acceptors (Lipinski definition) is 4. The van der Waals surface area contributed by atoms with Crippen LogP contribution >= 0.6 is 0 Å². The third-order valence-electron chi connectivity index (χ3n) is 5.03. The minimum absolute atomic E-state index is 0.0697. The van der Waals surface area contributed by atoms with E-state index in [4.69, 9.17) is 0 Å². The number of amides is 3. The maximum atomic E-state index is 12.3. The summed E-state index contributed by atoms with van der Waals surface area (Å²) < 4.78 is 2.09. The molecule has 0 spiro atoms. The third-order valence-corrected chi connectivity index (χ3v) is 5.03. The van der Waals surface area contributed by atoms with Crippen LogP contribution in [0.3, 0.4) is 0 Å². The zero-order chi connectivity index (χ0) is 18.8. The van der Waals surface area contributed by atoms with Crippen LogP contribution in [0.4, 0.5) is 0 Å². The number of hydrogen-bond donors (Lipinski definition) is 1. The van der Waals surface area contributed by atoms with E-state index in [1.807, 2.05) is 6.20 Å². The van der Waals surface area contributed by atoms with Crippen LogP contribution in [0.25, 0.3) is 0 Å². The number of benzene rings is 1. The second-order valence-corrected chi connectivity index (χ2v) is 7.01. The van der Waals surface area contributed by atoms with E-state index in [0.29, 0.717) is 36.6 Å². The van der Waals surface area contributed by atoms with Crippen LogP contribution < -0.4 is 5.32 Å². The molecule has 7 nitrogen and oxygen atoms in total. The predicted octanol–water partition coefficient (Wildman–Crippen LogP) is 1.95. The smallest absolute Gasteiger partial charge is 0.261 e. The lowest BCUT2D eigenvalue weighted by atomic mass is 10.1.